The van der Waals surface area contributed by atoms with E-state index in [1.54, 1.807) is 20.8 Å². The van der Waals surface area contributed by atoms with Crippen LogP contribution in [0.2, 0.25) is 0 Å². The summed E-state index contributed by atoms with van der Waals surface area (Å²) < 4.78 is 5.41. The molecule has 0 radical (unpaired) electrons. The lowest BCUT2D eigenvalue weighted by Gasteiger charge is -2.41. The molecule has 2 N–H and O–H groups in total. The van der Waals surface area contributed by atoms with Gasteiger partial charge >= 0.3 is 12.2 Å². The Balaban J connectivity index is 2.02. The van der Waals surface area contributed by atoms with Gasteiger partial charge in [-0.25, -0.2) is 9.59 Å². The number of amides is 2. The number of alkyl carbamates (subject to hydrolysis) is 1. The minimum Gasteiger partial charge on any atom is -0.465 e. The molecule has 7 nitrogen and oxygen atoms in total. The quantitative estimate of drug-likeness (QED) is 0.730. The summed E-state index contributed by atoms with van der Waals surface area (Å²) in [6.45, 7) is 5.53. The highest BCUT2D eigenvalue weighted by Gasteiger charge is 2.44. The van der Waals surface area contributed by atoms with E-state index in [0.29, 0.717) is 13.0 Å². The Kier molecular flexibility index (Phi) is 6.63. The SMILES string of the molecule is CC(C)(C)OC(=O)N[C@@H](C(=O)C1CCN1C(=O)O)C(c1ccccc1)c1ccccc1. The van der Waals surface area contributed by atoms with Gasteiger partial charge in [-0.3, -0.25) is 9.69 Å². The van der Waals surface area contributed by atoms with Gasteiger partial charge in [-0.2, -0.15) is 0 Å². The summed E-state index contributed by atoms with van der Waals surface area (Å²) in [6, 6.07) is 17.0. The molecule has 2 atom stereocenters. The van der Waals surface area contributed by atoms with Gasteiger partial charge in [-0.05, 0) is 38.3 Å². The average molecular weight is 424 g/mol. The number of ketones is 1. The van der Waals surface area contributed by atoms with Crippen molar-refractivity contribution >= 4 is 18.0 Å². The summed E-state index contributed by atoms with van der Waals surface area (Å²) in [7, 11) is 0. The van der Waals surface area contributed by atoms with Crippen LogP contribution in [0.3, 0.4) is 0 Å². The molecule has 164 valence electrons. The molecular weight excluding hydrogens is 396 g/mol. The van der Waals surface area contributed by atoms with Crippen LogP contribution in [-0.2, 0) is 9.53 Å². The number of benzene rings is 2. The number of nitrogens with zero attached hydrogens (tertiary/aromatic N) is 1. The number of nitrogens with one attached hydrogen (secondary N) is 1. The minimum atomic E-state index is -1.14. The monoisotopic (exact) mass is 424 g/mol. The number of hydrogen-bond acceptors (Lipinski definition) is 4. The van der Waals surface area contributed by atoms with Crippen molar-refractivity contribution in [2.24, 2.45) is 0 Å². The Bertz CT molecular complexity index is 884. The number of rotatable bonds is 6. The third-order valence-electron chi connectivity index (χ3n) is 5.22. The van der Waals surface area contributed by atoms with Gasteiger partial charge in [0.15, 0.2) is 5.78 Å². The van der Waals surface area contributed by atoms with E-state index in [-0.39, 0.29) is 5.78 Å². The van der Waals surface area contributed by atoms with E-state index in [1.807, 2.05) is 60.7 Å². The lowest BCUT2D eigenvalue weighted by molar-refractivity contribution is -0.129. The molecule has 1 heterocycles. The molecule has 1 fully saturated rings. The Labute approximate surface area is 182 Å². The molecule has 2 aromatic rings. The van der Waals surface area contributed by atoms with Gasteiger partial charge in [-0.15, -0.1) is 0 Å². The fourth-order valence-electron chi connectivity index (χ4n) is 3.77. The predicted octanol–water partition coefficient (Wildman–Crippen LogP) is 4.03. The fourth-order valence-corrected chi connectivity index (χ4v) is 3.77. The Hall–Kier alpha value is -3.35. The number of carbonyl (C=O) groups excluding carboxylic acids is 2. The van der Waals surface area contributed by atoms with Crippen LogP contribution < -0.4 is 5.32 Å². The normalized spacial score (nSPS) is 16.9. The molecule has 0 aromatic heterocycles. The van der Waals surface area contributed by atoms with Crippen molar-refractivity contribution in [1.82, 2.24) is 10.2 Å². The third-order valence-corrected chi connectivity index (χ3v) is 5.22. The maximum Gasteiger partial charge on any atom is 0.408 e. The molecule has 0 aliphatic carbocycles. The molecule has 1 aliphatic rings. The molecule has 3 rings (SSSR count). The lowest BCUT2D eigenvalue weighted by atomic mass is 9.80. The number of hydrogen-bond donors (Lipinski definition) is 2. The van der Waals surface area contributed by atoms with Crippen LogP contribution in [0.15, 0.2) is 60.7 Å². The van der Waals surface area contributed by atoms with Gasteiger partial charge in [0.25, 0.3) is 0 Å². The van der Waals surface area contributed by atoms with Crippen LogP contribution in [0.5, 0.6) is 0 Å². The minimum absolute atomic E-state index is 0.298. The highest BCUT2D eigenvalue weighted by molar-refractivity contribution is 5.95. The second-order valence-corrected chi connectivity index (χ2v) is 8.61. The van der Waals surface area contributed by atoms with Crippen molar-refractivity contribution in [2.45, 2.75) is 50.8 Å². The molecule has 1 aliphatic heterocycles. The maximum atomic E-state index is 13.6. The average Bonchev–Trinajstić information content (AvgIpc) is 2.66. The van der Waals surface area contributed by atoms with Crippen LogP contribution >= 0.6 is 0 Å². The number of Topliss-reactive ketones (excluding diaryl/α,β-unsaturated/α-hetero) is 1. The fraction of sp³-hybridized carbons (Fsp3) is 0.375. The first-order valence-corrected chi connectivity index (χ1v) is 10.3. The summed E-state index contributed by atoms with van der Waals surface area (Å²) >= 11 is 0. The zero-order chi connectivity index (χ0) is 22.6. The van der Waals surface area contributed by atoms with Gasteiger partial charge < -0.3 is 15.2 Å². The van der Waals surface area contributed by atoms with Crippen molar-refractivity contribution in [2.75, 3.05) is 6.54 Å². The lowest BCUT2D eigenvalue weighted by Crippen LogP contribution is -2.61. The molecule has 1 saturated heterocycles. The van der Waals surface area contributed by atoms with Crippen LogP contribution in [0, 0.1) is 0 Å². The maximum absolute atomic E-state index is 13.6. The Morgan fingerprint density at radius 2 is 1.52 bits per heavy atom. The zero-order valence-electron chi connectivity index (χ0n) is 17.9. The van der Waals surface area contributed by atoms with E-state index in [9.17, 15) is 19.5 Å². The standard InChI is InChI=1S/C24H28N2O5/c1-24(2,3)31-22(28)25-20(21(27)18-14-15-26(18)23(29)30)19(16-10-6-4-7-11-16)17-12-8-5-9-13-17/h4-13,18-20H,14-15H2,1-3H3,(H,25,28)(H,29,30)/t18?,20-/m1/s1. The molecule has 0 bridgehead atoms. The Morgan fingerprint density at radius 1 is 1.00 bits per heavy atom. The van der Waals surface area contributed by atoms with Gasteiger partial charge in [-0.1, -0.05) is 60.7 Å². The number of carbonyl (C=O) groups is 3. The second kappa shape index (κ2) is 9.20. The number of carboxylic acid groups (broad SMARTS) is 1. The number of ether oxygens (including phenoxy) is 1. The van der Waals surface area contributed by atoms with Crippen molar-refractivity contribution in [3.63, 3.8) is 0 Å². The summed E-state index contributed by atoms with van der Waals surface area (Å²) in [5, 5.41) is 12.2. The van der Waals surface area contributed by atoms with Crippen molar-refractivity contribution in [3.8, 4) is 0 Å². The molecular formula is C24H28N2O5. The summed E-state index contributed by atoms with van der Waals surface area (Å²) in [5.74, 6) is -0.851. The molecule has 0 spiro atoms. The first kappa shape index (κ1) is 22.3. The zero-order valence-corrected chi connectivity index (χ0v) is 17.9. The molecule has 0 saturated carbocycles. The molecule has 2 amide bonds. The first-order chi connectivity index (χ1) is 14.7. The van der Waals surface area contributed by atoms with E-state index in [0.717, 1.165) is 16.0 Å². The van der Waals surface area contributed by atoms with E-state index >= 15 is 0 Å². The highest BCUT2D eigenvalue weighted by atomic mass is 16.6. The Morgan fingerprint density at radius 3 is 1.90 bits per heavy atom. The predicted molar refractivity (Wildman–Crippen MR) is 116 cm³/mol. The summed E-state index contributed by atoms with van der Waals surface area (Å²) in [6.07, 6.45) is -1.44. The number of likely N-dealkylation sites (tertiary alicyclic amines) is 1. The topological polar surface area (TPSA) is 95.9 Å². The van der Waals surface area contributed by atoms with E-state index in [4.69, 9.17) is 4.74 Å². The van der Waals surface area contributed by atoms with E-state index in [1.165, 1.54) is 0 Å². The molecule has 2 aromatic carbocycles. The van der Waals surface area contributed by atoms with Gasteiger partial charge in [0, 0.05) is 12.5 Å². The second-order valence-electron chi connectivity index (χ2n) is 8.61. The van der Waals surface area contributed by atoms with Crippen molar-refractivity contribution in [3.05, 3.63) is 71.8 Å². The molecule has 1 unspecified atom stereocenters. The van der Waals surface area contributed by atoms with E-state index < -0.39 is 35.8 Å². The van der Waals surface area contributed by atoms with Crippen LogP contribution in [0.25, 0.3) is 0 Å². The first-order valence-electron chi connectivity index (χ1n) is 10.3. The van der Waals surface area contributed by atoms with Crippen LogP contribution in [0.1, 0.15) is 44.2 Å². The van der Waals surface area contributed by atoms with Crippen LogP contribution in [0.4, 0.5) is 9.59 Å². The highest BCUT2D eigenvalue weighted by Crippen LogP contribution is 2.32. The summed E-state index contributed by atoms with van der Waals surface area (Å²) in [5.41, 5.74) is 0.935. The smallest absolute Gasteiger partial charge is 0.408 e. The van der Waals surface area contributed by atoms with Gasteiger partial charge in [0.2, 0.25) is 0 Å². The van der Waals surface area contributed by atoms with Crippen molar-refractivity contribution < 1.29 is 24.2 Å². The molecule has 7 heteroatoms. The van der Waals surface area contributed by atoms with Gasteiger partial charge in [0.05, 0.1) is 6.04 Å². The van der Waals surface area contributed by atoms with Crippen molar-refractivity contribution in [1.29, 1.82) is 0 Å². The molecule has 31 heavy (non-hydrogen) atoms. The third kappa shape index (κ3) is 5.42. The van der Waals surface area contributed by atoms with Crippen LogP contribution in [-0.4, -0.2) is 52.2 Å². The summed E-state index contributed by atoms with van der Waals surface area (Å²) in [4.78, 5) is 38.8. The van der Waals surface area contributed by atoms with Gasteiger partial charge in [0.1, 0.15) is 11.6 Å². The largest absolute Gasteiger partial charge is 0.465 e. The van der Waals surface area contributed by atoms with E-state index in [2.05, 4.69) is 5.32 Å².